The average molecular weight is 511 g/mol. The molecule has 1 aliphatic rings. The number of carboxylic acid groups (broad SMARTS) is 1. The molecule has 9 heteroatoms. The van der Waals surface area contributed by atoms with Crippen LogP contribution < -0.4 is 10.1 Å². The molecule has 0 bridgehead atoms. The molecule has 0 amide bonds. The SMILES string of the molecule is N#Cc1ccc(-c2ccc(C(=O)O)cc2)cc1OC[C@H](O)CNC1(Cc2ccccc2C(F)(F)F)CC1. The summed E-state index contributed by atoms with van der Waals surface area (Å²) in [6.45, 7) is -0.00921. The Morgan fingerprint density at radius 2 is 1.76 bits per heavy atom. The summed E-state index contributed by atoms with van der Waals surface area (Å²) in [5.74, 6) is -0.767. The first-order valence-electron chi connectivity index (χ1n) is 11.7. The number of benzene rings is 3. The number of β-amino-alcohol motifs (C(OH)–C–C–N with tert-alkyl or cyclic N) is 1. The molecule has 1 atom stereocenters. The maximum Gasteiger partial charge on any atom is 0.416 e. The van der Waals surface area contributed by atoms with Gasteiger partial charge in [0.2, 0.25) is 0 Å². The zero-order valence-electron chi connectivity index (χ0n) is 19.8. The average Bonchev–Trinajstić information content (AvgIpc) is 3.65. The second kappa shape index (κ2) is 10.6. The Morgan fingerprint density at radius 1 is 1.08 bits per heavy atom. The summed E-state index contributed by atoms with van der Waals surface area (Å²) in [5, 5.41) is 32.2. The number of hydrogen-bond acceptors (Lipinski definition) is 5. The Morgan fingerprint density at radius 3 is 2.38 bits per heavy atom. The lowest BCUT2D eigenvalue weighted by Crippen LogP contribution is -2.41. The molecule has 4 rings (SSSR count). The highest BCUT2D eigenvalue weighted by atomic mass is 19.4. The molecule has 3 aromatic carbocycles. The van der Waals surface area contributed by atoms with Crippen LogP contribution in [0.1, 0.15) is 39.9 Å². The summed E-state index contributed by atoms with van der Waals surface area (Å²) in [7, 11) is 0. The molecule has 0 saturated heterocycles. The summed E-state index contributed by atoms with van der Waals surface area (Å²) in [6, 6.07) is 18.8. The quantitative estimate of drug-likeness (QED) is 0.353. The lowest BCUT2D eigenvalue weighted by molar-refractivity contribution is -0.138. The maximum atomic E-state index is 13.3. The number of nitrogens with zero attached hydrogens (tertiary/aromatic N) is 1. The third-order valence-electron chi connectivity index (χ3n) is 6.42. The number of carbonyl (C=O) groups is 1. The number of nitrogens with one attached hydrogen (secondary N) is 1. The van der Waals surface area contributed by atoms with Crippen LogP contribution in [0.25, 0.3) is 11.1 Å². The summed E-state index contributed by atoms with van der Waals surface area (Å²) >= 11 is 0. The van der Waals surface area contributed by atoms with E-state index in [4.69, 9.17) is 9.84 Å². The van der Waals surface area contributed by atoms with Crippen molar-refractivity contribution in [3.8, 4) is 22.9 Å². The van der Waals surface area contributed by atoms with Crippen molar-refractivity contribution in [1.82, 2.24) is 5.32 Å². The highest BCUT2D eigenvalue weighted by molar-refractivity contribution is 5.88. The molecule has 1 fully saturated rings. The molecule has 0 aromatic heterocycles. The second-order valence-corrected chi connectivity index (χ2v) is 9.16. The van der Waals surface area contributed by atoms with Crippen molar-refractivity contribution in [2.45, 2.75) is 37.1 Å². The number of hydrogen-bond donors (Lipinski definition) is 3. The first kappa shape index (κ1) is 26.2. The van der Waals surface area contributed by atoms with Gasteiger partial charge in [0.15, 0.2) is 0 Å². The zero-order chi connectivity index (χ0) is 26.6. The van der Waals surface area contributed by atoms with Crippen molar-refractivity contribution in [3.63, 3.8) is 0 Å². The van der Waals surface area contributed by atoms with E-state index < -0.39 is 29.4 Å². The first-order chi connectivity index (χ1) is 17.6. The van der Waals surface area contributed by atoms with Crippen molar-refractivity contribution in [2.24, 2.45) is 0 Å². The topological polar surface area (TPSA) is 103 Å². The first-order valence-corrected chi connectivity index (χ1v) is 11.7. The van der Waals surface area contributed by atoms with Gasteiger partial charge in [-0.05, 0) is 66.3 Å². The maximum absolute atomic E-state index is 13.3. The Kier molecular flexibility index (Phi) is 7.52. The minimum Gasteiger partial charge on any atom is -0.489 e. The van der Waals surface area contributed by atoms with Crippen LogP contribution in [0.15, 0.2) is 66.7 Å². The Bertz CT molecular complexity index is 1310. The van der Waals surface area contributed by atoms with E-state index in [9.17, 15) is 28.3 Å². The number of alkyl halides is 3. The van der Waals surface area contributed by atoms with Gasteiger partial charge in [-0.3, -0.25) is 0 Å². The molecule has 192 valence electrons. The van der Waals surface area contributed by atoms with E-state index in [0.29, 0.717) is 18.4 Å². The summed E-state index contributed by atoms with van der Waals surface area (Å²) in [5.41, 5.74) is 0.942. The van der Waals surface area contributed by atoms with E-state index >= 15 is 0 Å². The molecule has 0 aliphatic heterocycles. The third-order valence-corrected chi connectivity index (χ3v) is 6.42. The van der Waals surface area contributed by atoms with Crippen LogP contribution in [0.3, 0.4) is 0 Å². The van der Waals surface area contributed by atoms with Crippen molar-refractivity contribution in [3.05, 3.63) is 89.0 Å². The van der Waals surface area contributed by atoms with Gasteiger partial charge in [0.05, 0.1) is 16.7 Å². The van der Waals surface area contributed by atoms with Gasteiger partial charge in [0.25, 0.3) is 0 Å². The number of aliphatic hydroxyl groups is 1. The van der Waals surface area contributed by atoms with Gasteiger partial charge in [-0.2, -0.15) is 18.4 Å². The van der Waals surface area contributed by atoms with E-state index in [1.165, 1.54) is 24.3 Å². The molecular formula is C28H25F3N2O4. The largest absolute Gasteiger partial charge is 0.489 e. The van der Waals surface area contributed by atoms with Crippen LogP contribution in [0.2, 0.25) is 0 Å². The number of aliphatic hydroxyl groups excluding tert-OH is 1. The summed E-state index contributed by atoms with van der Waals surface area (Å²) in [4.78, 5) is 11.1. The van der Waals surface area contributed by atoms with Crippen molar-refractivity contribution >= 4 is 5.97 Å². The zero-order valence-corrected chi connectivity index (χ0v) is 19.8. The van der Waals surface area contributed by atoms with Gasteiger partial charge in [0.1, 0.15) is 24.5 Å². The normalized spacial score (nSPS) is 15.0. The van der Waals surface area contributed by atoms with Crippen LogP contribution in [-0.4, -0.2) is 41.0 Å². The number of ether oxygens (including phenoxy) is 1. The lowest BCUT2D eigenvalue weighted by Gasteiger charge is -2.22. The van der Waals surface area contributed by atoms with E-state index in [1.54, 1.807) is 36.4 Å². The highest BCUT2D eigenvalue weighted by Gasteiger charge is 2.44. The lowest BCUT2D eigenvalue weighted by atomic mass is 9.98. The minimum absolute atomic E-state index is 0.117. The third kappa shape index (κ3) is 6.47. The van der Waals surface area contributed by atoms with Gasteiger partial charge >= 0.3 is 12.1 Å². The molecular weight excluding hydrogens is 485 g/mol. The predicted octanol–water partition coefficient (Wildman–Crippen LogP) is 5.05. The molecule has 6 nitrogen and oxygen atoms in total. The van der Waals surface area contributed by atoms with Crippen molar-refractivity contribution in [2.75, 3.05) is 13.2 Å². The Hall–Kier alpha value is -3.87. The fourth-order valence-electron chi connectivity index (χ4n) is 4.18. The van der Waals surface area contributed by atoms with Gasteiger partial charge in [0, 0.05) is 12.1 Å². The molecule has 3 N–H and O–H groups in total. The number of carboxylic acids is 1. The van der Waals surface area contributed by atoms with Gasteiger partial charge in [-0.1, -0.05) is 36.4 Å². The fourth-order valence-corrected chi connectivity index (χ4v) is 4.18. The van der Waals surface area contributed by atoms with Gasteiger partial charge in [-0.15, -0.1) is 0 Å². The van der Waals surface area contributed by atoms with Crippen LogP contribution in [0.5, 0.6) is 5.75 Å². The number of halogens is 3. The predicted molar refractivity (Wildman–Crippen MR) is 130 cm³/mol. The highest BCUT2D eigenvalue weighted by Crippen LogP contribution is 2.41. The molecule has 1 saturated carbocycles. The number of rotatable bonds is 10. The monoisotopic (exact) mass is 510 g/mol. The molecule has 1 aliphatic carbocycles. The molecule has 3 aromatic rings. The standard InChI is InChI=1S/C28H25F3N2O4/c29-28(30,31)24-4-2-1-3-21(24)14-27(11-12-27)33-16-23(34)17-37-25-13-20(9-10-22(25)15-32)18-5-7-19(8-6-18)26(35)36/h1-10,13,23,33-34H,11-12,14,16-17H2,(H,35,36)/t23-/m1/s1. The molecule has 0 unspecified atom stereocenters. The minimum atomic E-state index is -4.43. The van der Waals surface area contributed by atoms with Crippen LogP contribution in [0.4, 0.5) is 13.2 Å². The summed E-state index contributed by atoms with van der Waals surface area (Å²) in [6.07, 6.45) is -3.77. The molecule has 0 spiro atoms. The fraction of sp³-hybridized carbons (Fsp3) is 0.286. The Labute approximate surface area is 211 Å². The molecule has 0 radical (unpaired) electrons. The van der Waals surface area contributed by atoms with Crippen molar-refractivity contribution in [1.29, 1.82) is 5.26 Å². The molecule has 37 heavy (non-hydrogen) atoms. The van der Waals surface area contributed by atoms with E-state index in [0.717, 1.165) is 11.6 Å². The number of aromatic carboxylic acids is 1. The van der Waals surface area contributed by atoms with Gasteiger partial charge in [-0.25, -0.2) is 4.79 Å². The summed E-state index contributed by atoms with van der Waals surface area (Å²) < 4.78 is 45.8. The second-order valence-electron chi connectivity index (χ2n) is 9.16. The van der Waals surface area contributed by atoms with Crippen LogP contribution in [0, 0.1) is 11.3 Å². The van der Waals surface area contributed by atoms with E-state index in [2.05, 4.69) is 5.32 Å². The number of nitriles is 1. The smallest absolute Gasteiger partial charge is 0.416 e. The van der Waals surface area contributed by atoms with Crippen molar-refractivity contribution < 1.29 is 32.9 Å². The van der Waals surface area contributed by atoms with E-state index in [1.807, 2.05) is 6.07 Å². The van der Waals surface area contributed by atoms with Crippen LogP contribution >= 0.6 is 0 Å². The van der Waals surface area contributed by atoms with E-state index in [-0.39, 0.29) is 42.0 Å². The van der Waals surface area contributed by atoms with Gasteiger partial charge < -0.3 is 20.3 Å². The van der Waals surface area contributed by atoms with Crippen LogP contribution in [-0.2, 0) is 12.6 Å². The molecule has 0 heterocycles. The Balaban J connectivity index is 1.37.